The molecule has 1 aliphatic carbocycles. The molecule has 1 saturated heterocycles. The Hall–Kier alpha value is -1.26. The fraction of sp³-hybridized carbons (Fsp3) is 0.647. The molecule has 1 saturated carbocycles. The van der Waals surface area contributed by atoms with E-state index in [1.54, 1.807) is 7.11 Å². The summed E-state index contributed by atoms with van der Waals surface area (Å²) in [5.74, 6) is 2.36. The second-order valence-electron chi connectivity index (χ2n) is 6.52. The minimum atomic E-state index is 0.233. The molecular formula is C17H25NO3. The predicted molar refractivity (Wildman–Crippen MR) is 81.9 cm³/mol. The van der Waals surface area contributed by atoms with Crippen molar-refractivity contribution in [3.63, 3.8) is 0 Å². The van der Waals surface area contributed by atoms with Crippen LogP contribution in [0.2, 0.25) is 0 Å². The van der Waals surface area contributed by atoms with Crippen LogP contribution in [0, 0.1) is 11.3 Å². The maximum absolute atomic E-state index is 5.81. The maximum Gasteiger partial charge on any atom is 0.123 e. The van der Waals surface area contributed by atoms with Gasteiger partial charge in [0.1, 0.15) is 18.1 Å². The van der Waals surface area contributed by atoms with E-state index in [2.05, 4.69) is 19.2 Å². The average Bonchev–Trinajstić information content (AvgIpc) is 2.94. The lowest BCUT2D eigenvalue weighted by molar-refractivity contribution is -0.112. The second-order valence-corrected chi connectivity index (χ2v) is 6.52. The van der Waals surface area contributed by atoms with Gasteiger partial charge in [-0.2, -0.15) is 0 Å². The number of nitrogens with one attached hydrogen (secondary N) is 1. The molecular weight excluding hydrogens is 266 g/mol. The lowest BCUT2D eigenvalue weighted by Gasteiger charge is -2.55. The van der Waals surface area contributed by atoms with E-state index in [9.17, 15) is 0 Å². The van der Waals surface area contributed by atoms with E-state index in [1.165, 1.54) is 6.42 Å². The standard InChI is InChI=1S/C17H25NO3/c1-17(2)15(14-7-9-21-16(14)17)18-8-10-20-13-6-4-5-12(11-13)19-3/h4-6,11,14-16,18H,7-10H2,1-3H3/t14-,15-,16+/m1/s1. The molecule has 1 N–H and O–H groups in total. The van der Waals surface area contributed by atoms with Crippen LogP contribution >= 0.6 is 0 Å². The Morgan fingerprint density at radius 2 is 2.14 bits per heavy atom. The number of methoxy groups -OCH3 is 1. The first kappa shape index (κ1) is 14.7. The molecule has 1 aromatic rings. The van der Waals surface area contributed by atoms with Crippen molar-refractivity contribution >= 4 is 0 Å². The van der Waals surface area contributed by atoms with Gasteiger partial charge in [0.25, 0.3) is 0 Å². The molecule has 0 amide bonds. The van der Waals surface area contributed by atoms with Crippen LogP contribution in [0.4, 0.5) is 0 Å². The molecule has 3 atom stereocenters. The van der Waals surface area contributed by atoms with E-state index >= 15 is 0 Å². The van der Waals surface area contributed by atoms with E-state index in [4.69, 9.17) is 14.2 Å². The normalized spacial score (nSPS) is 29.6. The van der Waals surface area contributed by atoms with Crippen molar-refractivity contribution in [2.24, 2.45) is 11.3 Å². The van der Waals surface area contributed by atoms with Crippen LogP contribution in [0.1, 0.15) is 20.3 Å². The largest absolute Gasteiger partial charge is 0.497 e. The van der Waals surface area contributed by atoms with Gasteiger partial charge in [0, 0.05) is 36.6 Å². The Balaban J connectivity index is 1.44. The Labute approximate surface area is 126 Å². The van der Waals surface area contributed by atoms with Gasteiger partial charge in [-0.1, -0.05) is 19.9 Å². The van der Waals surface area contributed by atoms with Gasteiger partial charge < -0.3 is 19.5 Å². The first-order valence-electron chi connectivity index (χ1n) is 7.75. The highest BCUT2D eigenvalue weighted by atomic mass is 16.5. The van der Waals surface area contributed by atoms with Crippen LogP contribution in [0.3, 0.4) is 0 Å². The van der Waals surface area contributed by atoms with Crippen molar-refractivity contribution in [2.75, 3.05) is 26.9 Å². The van der Waals surface area contributed by atoms with Gasteiger partial charge in [-0.15, -0.1) is 0 Å². The third kappa shape index (κ3) is 2.74. The zero-order valence-electron chi connectivity index (χ0n) is 13.1. The highest BCUT2D eigenvalue weighted by Gasteiger charge is 2.58. The summed E-state index contributed by atoms with van der Waals surface area (Å²) in [7, 11) is 1.67. The minimum Gasteiger partial charge on any atom is -0.497 e. The van der Waals surface area contributed by atoms with E-state index < -0.39 is 0 Å². The molecule has 0 spiro atoms. The first-order valence-corrected chi connectivity index (χ1v) is 7.75. The van der Waals surface area contributed by atoms with Crippen LogP contribution < -0.4 is 14.8 Å². The second kappa shape index (κ2) is 5.85. The molecule has 0 unspecified atom stereocenters. The molecule has 21 heavy (non-hydrogen) atoms. The summed E-state index contributed by atoms with van der Waals surface area (Å²) in [5.41, 5.74) is 0.233. The molecule has 0 aromatic heterocycles. The summed E-state index contributed by atoms with van der Waals surface area (Å²) >= 11 is 0. The van der Waals surface area contributed by atoms with Crippen molar-refractivity contribution < 1.29 is 14.2 Å². The Morgan fingerprint density at radius 1 is 1.33 bits per heavy atom. The number of benzene rings is 1. The van der Waals surface area contributed by atoms with Gasteiger partial charge in [-0.05, 0) is 18.6 Å². The molecule has 1 aromatic carbocycles. The minimum absolute atomic E-state index is 0.233. The first-order chi connectivity index (χ1) is 10.1. The Morgan fingerprint density at radius 3 is 2.95 bits per heavy atom. The third-order valence-electron chi connectivity index (χ3n) is 4.88. The molecule has 116 valence electrons. The molecule has 2 fully saturated rings. The topological polar surface area (TPSA) is 39.7 Å². The van der Waals surface area contributed by atoms with Crippen molar-refractivity contribution in [2.45, 2.75) is 32.4 Å². The number of hydrogen-bond donors (Lipinski definition) is 1. The summed E-state index contributed by atoms with van der Waals surface area (Å²) in [5, 5.41) is 3.64. The highest BCUT2D eigenvalue weighted by molar-refractivity contribution is 5.32. The van der Waals surface area contributed by atoms with Crippen molar-refractivity contribution in [1.82, 2.24) is 5.32 Å². The van der Waals surface area contributed by atoms with Gasteiger partial charge in [0.2, 0.25) is 0 Å². The van der Waals surface area contributed by atoms with E-state index in [1.807, 2.05) is 24.3 Å². The van der Waals surface area contributed by atoms with Gasteiger partial charge in [-0.3, -0.25) is 0 Å². The molecule has 4 heteroatoms. The lowest BCUT2D eigenvalue weighted by Crippen LogP contribution is -2.66. The van der Waals surface area contributed by atoms with Crippen LogP contribution in [-0.2, 0) is 4.74 Å². The number of rotatable bonds is 6. The molecule has 0 radical (unpaired) electrons. The fourth-order valence-electron chi connectivity index (χ4n) is 3.81. The van der Waals surface area contributed by atoms with Gasteiger partial charge in [-0.25, -0.2) is 0 Å². The molecule has 2 aliphatic rings. The number of ether oxygens (including phenoxy) is 3. The summed E-state index contributed by atoms with van der Waals surface area (Å²) < 4.78 is 16.8. The summed E-state index contributed by atoms with van der Waals surface area (Å²) in [4.78, 5) is 0. The van der Waals surface area contributed by atoms with E-state index in [-0.39, 0.29) is 5.41 Å². The lowest BCUT2D eigenvalue weighted by atomic mass is 9.57. The third-order valence-corrected chi connectivity index (χ3v) is 4.88. The SMILES string of the molecule is COc1cccc(OCCN[C@@H]2[C@H]3CCO[C@@H]3C2(C)C)c1. The monoisotopic (exact) mass is 291 g/mol. The van der Waals surface area contributed by atoms with Crippen molar-refractivity contribution in [1.29, 1.82) is 0 Å². The smallest absolute Gasteiger partial charge is 0.123 e. The van der Waals surface area contributed by atoms with Gasteiger partial charge in [0.05, 0.1) is 13.2 Å². The Bertz CT molecular complexity index is 489. The van der Waals surface area contributed by atoms with Crippen molar-refractivity contribution in [3.8, 4) is 11.5 Å². The summed E-state index contributed by atoms with van der Waals surface area (Å²) in [6.45, 7) is 7.02. The highest BCUT2D eigenvalue weighted by Crippen LogP contribution is 2.51. The van der Waals surface area contributed by atoms with Crippen LogP contribution in [0.15, 0.2) is 24.3 Å². The average molecular weight is 291 g/mol. The summed E-state index contributed by atoms with van der Waals surface area (Å²) in [6, 6.07) is 8.27. The van der Waals surface area contributed by atoms with Crippen LogP contribution in [0.25, 0.3) is 0 Å². The molecule has 1 heterocycles. The van der Waals surface area contributed by atoms with Gasteiger partial charge >= 0.3 is 0 Å². The predicted octanol–water partition coefficient (Wildman–Crippen LogP) is 2.48. The summed E-state index contributed by atoms with van der Waals surface area (Å²) in [6.07, 6.45) is 1.62. The maximum atomic E-state index is 5.81. The quantitative estimate of drug-likeness (QED) is 0.817. The Kier molecular flexibility index (Phi) is 4.09. The van der Waals surface area contributed by atoms with Crippen LogP contribution in [0.5, 0.6) is 11.5 Å². The van der Waals surface area contributed by atoms with Crippen molar-refractivity contribution in [3.05, 3.63) is 24.3 Å². The van der Waals surface area contributed by atoms with E-state index in [0.717, 1.165) is 24.7 Å². The zero-order valence-corrected chi connectivity index (χ0v) is 13.1. The molecule has 3 rings (SSSR count). The molecule has 4 nitrogen and oxygen atoms in total. The number of fused-ring (bicyclic) bond motifs is 1. The fourth-order valence-corrected chi connectivity index (χ4v) is 3.81. The number of hydrogen-bond acceptors (Lipinski definition) is 4. The molecule has 1 aliphatic heterocycles. The zero-order chi connectivity index (χ0) is 14.9. The van der Waals surface area contributed by atoms with E-state index in [0.29, 0.717) is 24.7 Å². The molecule has 0 bridgehead atoms. The van der Waals surface area contributed by atoms with Crippen LogP contribution in [-0.4, -0.2) is 39.0 Å². The van der Waals surface area contributed by atoms with Gasteiger partial charge in [0.15, 0.2) is 0 Å².